The molecule has 0 aromatic carbocycles. The number of hydrogen-bond acceptors (Lipinski definition) is 6. The van der Waals surface area contributed by atoms with Crippen LogP contribution in [0.3, 0.4) is 0 Å². The predicted molar refractivity (Wildman–Crippen MR) is 174 cm³/mol. The Morgan fingerprint density at radius 1 is 0.745 bits per heavy atom. The smallest absolute Gasteiger partial charge is 0.858 e. The summed E-state index contributed by atoms with van der Waals surface area (Å²) < 4.78 is 0. The van der Waals surface area contributed by atoms with Gasteiger partial charge in [-0.15, -0.1) is 39.3 Å². The number of piperidine rings is 3. The third-order valence-electron chi connectivity index (χ3n) is 7.19. The minimum atomic E-state index is -0.254. The van der Waals surface area contributed by atoms with E-state index in [0.717, 1.165) is 64.7 Å². The van der Waals surface area contributed by atoms with Crippen molar-refractivity contribution in [3.8, 4) is 0 Å². The second-order valence-electron chi connectivity index (χ2n) is 10.4. The molecule has 14 N–H and O–H groups in total. The Morgan fingerprint density at radius 2 is 1.15 bits per heavy atom. The van der Waals surface area contributed by atoms with Crippen LogP contribution in [-0.2, 0) is 83.8 Å². The molecule has 256 valence electrons. The molecule has 4 heterocycles. The maximum atomic E-state index is 11.8. The summed E-state index contributed by atoms with van der Waals surface area (Å²) in [5, 5.41) is 36.0. The molecule has 3 atom stereocenters. The molecule has 16 nitrogen and oxygen atoms in total. The average Bonchev–Trinajstić information content (AvgIpc) is 3.03. The van der Waals surface area contributed by atoms with Gasteiger partial charge in [0.1, 0.15) is 0 Å². The molecular weight excluding hydrogens is 769 g/mol. The topological polar surface area (TPSA) is 310 Å². The number of aliphatic imine (C=N–C) groups is 1. The van der Waals surface area contributed by atoms with Crippen molar-refractivity contribution in [2.24, 2.45) is 22.7 Å². The summed E-state index contributed by atoms with van der Waals surface area (Å²) in [5.41, 5.74) is 0.550. The van der Waals surface area contributed by atoms with E-state index in [0.29, 0.717) is 51.4 Å². The van der Waals surface area contributed by atoms with Crippen LogP contribution in [0.25, 0.3) is 28.3 Å². The van der Waals surface area contributed by atoms with E-state index in [1.54, 1.807) is 12.3 Å². The third-order valence-corrected chi connectivity index (χ3v) is 7.19. The Morgan fingerprint density at radius 3 is 1.49 bits per heavy atom. The second kappa shape index (κ2) is 33.3. The molecule has 3 fully saturated rings. The first kappa shape index (κ1) is 55.2. The molecule has 47 heavy (non-hydrogen) atoms. The van der Waals surface area contributed by atoms with Crippen LogP contribution in [0, 0.1) is 17.8 Å². The van der Waals surface area contributed by atoms with Crippen LogP contribution >= 0.6 is 0 Å². The van der Waals surface area contributed by atoms with E-state index in [9.17, 15) is 19.5 Å². The minimum absolute atomic E-state index is 0. The first-order valence-corrected chi connectivity index (χ1v) is 14.6. The van der Waals surface area contributed by atoms with E-state index in [-0.39, 0.29) is 123 Å². The maximum absolute atomic E-state index is 11.8. The molecule has 4 rings (SSSR count). The first-order chi connectivity index (χ1) is 19.5. The number of rotatable bonds is 10. The van der Waals surface area contributed by atoms with Crippen molar-refractivity contribution in [2.75, 3.05) is 72.0 Å². The Labute approximate surface area is 317 Å². The van der Waals surface area contributed by atoms with Gasteiger partial charge in [0.2, 0.25) is 17.7 Å². The predicted octanol–water partition coefficient (Wildman–Crippen LogP) is 0.0575. The fourth-order valence-corrected chi connectivity index (χ4v) is 4.84. The molecule has 0 radical (unpaired) electrons. The molecule has 0 aromatic rings. The standard InChI is InChI=1S/C14H24N4O2.C14H21N4O2.2H2N.2H2O.3Zn/c2*19-13(11-3-1-5-15-9-11)17-7-8-18-14(20)12-4-2-6-16-10-12;;;;;;;/h11-12H,1-10H2,(H,17,19)(H,18,20);1,3,9,12,15H,2,4-8,10H2,(H,17,19)(H,18,20);4*1H2;;;/q-2;3*-1;;;3*+2/p+1. The van der Waals surface area contributed by atoms with Gasteiger partial charge in [-0.2, -0.15) is 0 Å². The summed E-state index contributed by atoms with van der Waals surface area (Å²) >= 11 is 0. The van der Waals surface area contributed by atoms with E-state index in [1.165, 1.54) is 0 Å². The van der Waals surface area contributed by atoms with Gasteiger partial charge < -0.3 is 65.6 Å². The van der Waals surface area contributed by atoms with Crippen molar-refractivity contribution in [2.45, 2.75) is 38.5 Å². The molecule has 3 amide bonds. The van der Waals surface area contributed by atoms with Crippen molar-refractivity contribution >= 4 is 23.6 Å². The molecule has 0 bridgehead atoms. The van der Waals surface area contributed by atoms with Gasteiger partial charge in [-0.1, -0.05) is 31.4 Å². The molecule has 0 spiro atoms. The van der Waals surface area contributed by atoms with Crippen molar-refractivity contribution < 1.29 is 88.9 Å². The van der Waals surface area contributed by atoms with Crippen LogP contribution in [0.2, 0.25) is 0 Å². The van der Waals surface area contributed by atoms with Crippen molar-refractivity contribution in [3.05, 3.63) is 52.2 Å². The number of carbonyl (C=O) groups is 3. The van der Waals surface area contributed by atoms with Gasteiger partial charge >= 0.3 is 58.4 Å². The van der Waals surface area contributed by atoms with Gasteiger partial charge in [0.15, 0.2) is 0 Å². The molecule has 4 aliphatic heterocycles. The van der Waals surface area contributed by atoms with Gasteiger partial charge in [0.05, 0.1) is 6.54 Å². The summed E-state index contributed by atoms with van der Waals surface area (Å²) in [4.78, 5) is 39.4. The largest absolute Gasteiger partial charge is 2.00 e. The molecule has 0 aromatic heterocycles. The monoisotopic (exact) mass is 818 g/mol. The average molecular weight is 823 g/mol. The van der Waals surface area contributed by atoms with Gasteiger partial charge in [-0.05, 0) is 25.2 Å². The molecule has 0 saturated carbocycles. The SMILES string of the molecule is O=C(NCCN=C([O-])C1=CNCC=C1)C1CCC[N-]C1.O=C(NCCNC(=O)C1CCC[N-]C1)C1CCC[N-]C1.[NH2-].[NH2-].[OH3+].[OH3+].[Zn+2].[Zn+2].[Zn+2]. The van der Waals surface area contributed by atoms with Gasteiger partial charge in [0.25, 0.3) is 0 Å². The minimum Gasteiger partial charge on any atom is -0.858 e. The van der Waals surface area contributed by atoms with Gasteiger partial charge in [0, 0.05) is 55.7 Å². The van der Waals surface area contributed by atoms with Crippen molar-refractivity contribution in [1.29, 1.82) is 0 Å². The number of nitrogens with two attached hydrogens (primary N) is 2. The fraction of sp³-hybridized carbons (Fsp3) is 0.714. The first-order valence-electron chi connectivity index (χ1n) is 14.6. The number of nitrogens with zero attached hydrogens (tertiary/aromatic N) is 4. The Kier molecular flexibility index (Phi) is 39.0. The van der Waals surface area contributed by atoms with Gasteiger partial charge in [-0.3, -0.25) is 19.4 Å². The zero-order valence-corrected chi connectivity index (χ0v) is 36.7. The van der Waals surface area contributed by atoms with Crippen LogP contribution in [0.1, 0.15) is 38.5 Å². The molecule has 0 aliphatic carbocycles. The van der Waals surface area contributed by atoms with E-state index in [1.807, 2.05) is 6.08 Å². The molecule has 3 saturated heterocycles. The van der Waals surface area contributed by atoms with Crippen LogP contribution in [0.4, 0.5) is 0 Å². The van der Waals surface area contributed by atoms with Crippen LogP contribution < -0.4 is 26.4 Å². The third kappa shape index (κ3) is 22.2. The Bertz CT molecular complexity index is 883. The van der Waals surface area contributed by atoms with Crippen molar-refractivity contribution in [1.82, 2.24) is 21.3 Å². The normalized spacial score (nSPS) is 21.1. The Hall–Kier alpha value is -1.25. The molecule has 4 aliphatic rings. The summed E-state index contributed by atoms with van der Waals surface area (Å²) in [6.07, 6.45) is 11.0. The number of hydrogen-bond donors (Lipinski definition) is 4. The zero-order valence-electron chi connectivity index (χ0n) is 27.8. The number of carbonyl (C=O) groups excluding carboxylic acids is 3. The zero-order chi connectivity index (χ0) is 28.4. The van der Waals surface area contributed by atoms with Crippen molar-refractivity contribution in [3.63, 3.8) is 0 Å². The number of dihydropyridines is 1. The van der Waals surface area contributed by atoms with E-state index in [4.69, 9.17) is 0 Å². The number of nitrogens with one attached hydrogen (secondary N) is 4. The quantitative estimate of drug-likeness (QED) is 0.0779. The van der Waals surface area contributed by atoms with E-state index >= 15 is 0 Å². The fourth-order valence-electron chi connectivity index (χ4n) is 4.84. The summed E-state index contributed by atoms with van der Waals surface area (Å²) in [6.45, 7) is 6.94. The molecular formula is C28H54N10O6Zn3+2. The van der Waals surface area contributed by atoms with E-state index in [2.05, 4.69) is 42.2 Å². The second-order valence-corrected chi connectivity index (χ2v) is 10.4. The maximum Gasteiger partial charge on any atom is 2.00 e. The van der Waals surface area contributed by atoms with Crippen LogP contribution in [0.5, 0.6) is 0 Å². The summed E-state index contributed by atoms with van der Waals surface area (Å²) in [7, 11) is 0. The van der Waals surface area contributed by atoms with Gasteiger partial charge in [-0.25, -0.2) is 0 Å². The van der Waals surface area contributed by atoms with Crippen LogP contribution in [-0.4, -0.2) is 95.6 Å². The Balaban J connectivity index is -0.000000218. The number of amides is 3. The van der Waals surface area contributed by atoms with Crippen LogP contribution in [0.15, 0.2) is 28.9 Å². The molecule has 3 unspecified atom stereocenters. The van der Waals surface area contributed by atoms with E-state index < -0.39 is 0 Å². The summed E-state index contributed by atoms with van der Waals surface area (Å²) in [5.74, 6) is -0.0588. The summed E-state index contributed by atoms with van der Waals surface area (Å²) in [6, 6.07) is 0. The molecule has 19 heteroatoms.